The van der Waals surface area contributed by atoms with Crippen LogP contribution in [0.4, 0.5) is 0 Å². The molecule has 0 saturated carbocycles. The maximum atomic E-state index is 5.58. The quantitative estimate of drug-likeness (QED) is 0.539. The van der Waals surface area contributed by atoms with Crippen molar-refractivity contribution in [3.8, 4) is 0 Å². The molecule has 0 aliphatic heterocycles. The van der Waals surface area contributed by atoms with Gasteiger partial charge in [-0.3, -0.25) is 0 Å². The zero-order valence-corrected chi connectivity index (χ0v) is 7.69. The zero-order chi connectivity index (χ0) is 9.54. The first-order valence-electron chi connectivity index (χ1n) is 4.45. The van der Waals surface area contributed by atoms with Crippen LogP contribution in [-0.2, 0) is 0 Å². The van der Waals surface area contributed by atoms with Crippen molar-refractivity contribution in [3.05, 3.63) is 36.3 Å². The second-order valence-corrected chi connectivity index (χ2v) is 3.23. The molecule has 0 aliphatic rings. The Hall–Kier alpha value is -1.90. The van der Waals surface area contributed by atoms with Crippen molar-refractivity contribution in [1.82, 2.24) is 9.97 Å². The number of fused-ring (bicyclic) bond motifs is 3. The first-order valence-corrected chi connectivity index (χ1v) is 4.45. The molecule has 0 radical (unpaired) electrons. The highest BCUT2D eigenvalue weighted by Crippen LogP contribution is 2.25. The molecule has 0 amide bonds. The number of nitrogens with zero attached hydrogens (tertiary/aromatic N) is 2. The molecule has 0 unspecified atom stereocenters. The number of benzene rings is 1. The van der Waals surface area contributed by atoms with Gasteiger partial charge in [-0.2, -0.15) is 0 Å². The Kier molecular flexibility index (Phi) is 1.36. The summed E-state index contributed by atoms with van der Waals surface area (Å²) in [6.07, 6.45) is 1.72. The molecule has 0 aliphatic carbocycles. The SMILES string of the molecule is Cc1ncc2oc3ccccc3c2n1. The molecule has 14 heavy (non-hydrogen) atoms. The standard InChI is InChI=1S/C11H8N2O/c1-7-12-6-10-11(13-7)8-4-2-3-5-9(8)14-10/h2-6H,1H3. The van der Waals surface area contributed by atoms with Crippen molar-refractivity contribution in [3.63, 3.8) is 0 Å². The van der Waals surface area contributed by atoms with Gasteiger partial charge in [-0.25, -0.2) is 9.97 Å². The van der Waals surface area contributed by atoms with Crippen LogP contribution in [0.3, 0.4) is 0 Å². The normalized spacial score (nSPS) is 11.2. The molecule has 0 saturated heterocycles. The fraction of sp³-hybridized carbons (Fsp3) is 0.0909. The lowest BCUT2D eigenvalue weighted by molar-refractivity contribution is 0.665. The van der Waals surface area contributed by atoms with Crippen molar-refractivity contribution in [1.29, 1.82) is 0 Å². The number of furan rings is 1. The van der Waals surface area contributed by atoms with Gasteiger partial charge in [0, 0.05) is 5.39 Å². The first-order chi connectivity index (χ1) is 6.84. The van der Waals surface area contributed by atoms with E-state index in [1.807, 2.05) is 31.2 Å². The van der Waals surface area contributed by atoms with Crippen molar-refractivity contribution < 1.29 is 4.42 Å². The molecule has 0 N–H and O–H groups in total. The van der Waals surface area contributed by atoms with E-state index in [4.69, 9.17) is 4.42 Å². The molecule has 2 aromatic heterocycles. The Labute approximate surface area is 80.4 Å². The Morgan fingerprint density at radius 2 is 2.00 bits per heavy atom. The fourth-order valence-electron chi connectivity index (χ4n) is 1.60. The van der Waals surface area contributed by atoms with Gasteiger partial charge in [0.05, 0.1) is 6.20 Å². The summed E-state index contributed by atoms with van der Waals surface area (Å²) in [7, 11) is 0. The molecule has 0 spiro atoms. The van der Waals surface area contributed by atoms with E-state index in [-0.39, 0.29) is 0 Å². The van der Waals surface area contributed by atoms with Gasteiger partial charge in [0.25, 0.3) is 0 Å². The highest BCUT2D eigenvalue weighted by Gasteiger charge is 2.07. The maximum absolute atomic E-state index is 5.58. The van der Waals surface area contributed by atoms with Crippen LogP contribution in [-0.4, -0.2) is 9.97 Å². The molecule has 3 heteroatoms. The van der Waals surface area contributed by atoms with Crippen LogP contribution < -0.4 is 0 Å². The first kappa shape index (κ1) is 7.50. The van der Waals surface area contributed by atoms with Gasteiger partial charge in [-0.05, 0) is 19.1 Å². The molecule has 2 heterocycles. The summed E-state index contributed by atoms with van der Waals surface area (Å²) in [5.74, 6) is 0.768. The van der Waals surface area contributed by atoms with Gasteiger partial charge < -0.3 is 4.42 Å². The Balaban J connectivity index is 2.58. The van der Waals surface area contributed by atoms with E-state index in [1.165, 1.54) is 0 Å². The third-order valence-corrected chi connectivity index (χ3v) is 2.24. The Morgan fingerprint density at radius 3 is 2.93 bits per heavy atom. The third-order valence-electron chi connectivity index (χ3n) is 2.24. The number of aromatic nitrogens is 2. The van der Waals surface area contributed by atoms with Gasteiger partial charge in [0.2, 0.25) is 0 Å². The summed E-state index contributed by atoms with van der Waals surface area (Å²) in [4.78, 5) is 8.46. The van der Waals surface area contributed by atoms with Crippen LogP contribution >= 0.6 is 0 Å². The number of rotatable bonds is 0. The predicted molar refractivity (Wildman–Crippen MR) is 54.0 cm³/mol. The predicted octanol–water partition coefficient (Wildman–Crippen LogP) is 2.68. The van der Waals surface area contributed by atoms with Crippen molar-refractivity contribution >= 4 is 22.1 Å². The smallest absolute Gasteiger partial charge is 0.172 e. The van der Waals surface area contributed by atoms with Crippen molar-refractivity contribution in [2.45, 2.75) is 6.92 Å². The van der Waals surface area contributed by atoms with E-state index in [9.17, 15) is 0 Å². The summed E-state index contributed by atoms with van der Waals surface area (Å²) in [6.45, 7) is 1.88. The lowest BCUT2D eigenvalue weighted by Crippen LogP contribution is -1.84. The Morgan fingerprint density at radius 1 is 1.14 bits per heavy atom. The Bertz CT molecular complexity index is 613. The molecule has 1 aromatic carbocycles. The fourth-order valence-corrected chi connectivity index (χ4v) is 1.60. The molecule has 0 atom stereocenters. The minimum absolute atomic E-state index is 0.747. The zero-order valence-electron chi connectivity index (χ0n) is 7.69. The molecule has 3 aromatic rings. The number of hydrogen-bond acceptors (Lipinski definition) is 3. The van der Waals surface area contributed by atoms with Crippen LogP contribution in [0.15, 0.2) is 34.9 Å². The number of para-hydroxylation sites is 1. The highest BCUT2D eigenvalue weighted by atomic mass is 16.3. The second-order valence-electron chi connectivity index (χ2n) is 3.23. The molecule has 3 nitrogen and oxygen atoms in total. The molecule has 68 valence electrons. The highest BCUT2D eigenvalue weighted by molar-refractivity contribution is 6.01. The monoisotopic (exact) mass is 184 g/mol. The molecular formula is C11H8N2O. The number of aryl methyl sites for hydroxylation is 1. The average Bonchev–Trinajstić information content (AvgIpc) is 2.56. The van der Waals surface area contributed by atoms with Gasteiger partial charge >= 0.3 is 0 Å². The maximum Gasteiger partial charge on any atom is 0.172 e. The third kappa shape index (κ3) is 0.923. The summed E-state index contributed by atoms with van der Waals surface area (Å²) < 4.78 is 5.58. The van der Waals surface area contributed by atoms with Crippen LogP contribution in [0.2, 0.25) is 0 Å². The molecule has 3 rings (SSSR count). The van der Waals surface area contributed by atoms with E-state index >= 15 is 0 Å². The van der Waals surface area contributed by atoms with E-state index in [0.717, 1.165) is 27.9 Å². The van der Waals surface area contributed by atoms with Gasteiger partial charge in [-0.1, -0.05) is 12.1 Å². The van der Waals surface area contributed by atoms with Crippen molar-refractivity contribution in [2.75, 3.05) is 0 Å². The summed E-state index contributed by atoms with van der Waals surface area (Å²) >= 11 is 0. The van der Waals surface area contributed by atoms with E-state index < -0.39 is 0 Å². The van der Waals surface area contributed by atoms with E-state index in [0.29, 0.717) is 0 Å². The lowest BCUT2D eigenvalue weighted by atomic mass is 10.2. The van der Waals surface area contributed by atoms with Crippen LogP contribution in [0.1, 0.15) is 5.82 Å². The van der Waals surface area contributed by atoms with E-state index in [1.54, 1.807) is 6.20 Å². The topological polar surface area (TPSA) is 38.9 Å². The largest absolute Gasteiger partial charge is 0.453 e. The minimum Gasteiger partial charge on any atom is -0.453 e. The average molecular weight is 184 g/mol. The van der Waals surface area contributed by atoms with E-state index in [2.05, 4.69) is 9.97 Å². The molecule has 0 fully saturated rings. The van der Waals surface area contributed by atoms with Gasteiger partial charge in [0.15, 0.2) is 5.58 Å². The molecule has 0 bridgehead atoms. The summed E-state index contributed by atoms with van der Waals surface area (Å²) in [6, 6.07) is 7.87. The molecular weight excluding hydrogens is 176 g/mol. The van der Waals surface area contributed by atoms with Crippen LogP contribution in [0.5, 0.6) is 0 Å². The number of hydrogen-bond donors (Lipinski definition) is 0. The second kappa shape index (κ2) is 2.54. The van der Waals surface area contributed by atoms with Gasteiger partial charge in [0.1, 0.15) is 16.9 Å². The van der Waals surface area contributed by atoms with Crippen LogP contribution in [0.25, 0.3) is 22.1 Å². The van der Waals surface area contributed by atoms with Crippen LogP contribution in [0, 0.1) is 6.92 Å². The summed E-state index contributed by atoms with van der Waals surface area (Å²) in [5, 5.41) is 1.05. The van der Waals surface area contributed by atoms with Crippen molar-refractivity contribution in [2.24, 2.45) is 0 Å². The lowest BCUT2D eigenvalue weighted by Gasteiger charge is -1.89. The van der Waals surface area contributed by atoms with Gasteiger partial charge in [-0.15, -0.1) is 0 Å². The minimum atomic E-state index is 0.747. The summed E-state index contributed by atoms with van der Waals surface area (Å²) in [5.41, 5.74) is 2.51.